The highest BCUT2D eigenvalue weighted by molar-refractivity contribution is 7.92. The molecule has 0 radical (unpaired) electrons. The fourth-order valence-electron chi connectivity index (χ4n) is 3.24. The summed E-state index contributed by atoms with van der Waals surface area (Å²) in [5.74, 6) is 0.0918. The van der Waals surface area contributed by atoms with Crippen molar-refractivity contribution in [3.05, 3.63) is 47.5 Å². The maximum Gasteiger partial charge on any atom is 0.229 e. The van der Waals surface area contributed by atoms with Crippen LogP contribution in [0.2, 0.25) is 0 Å². The standard InChI is InChI=1S/C19H23N3O4S/c1-22(2)13-7-5-12(6-8-13)14-10-19(23)20-16-11-18(26-3)17(9-15(14)16)21-27(4,24)25/h5-9,11,14,21H,10H2,1-4H3,(H,20,23)/t14-/m1/s1. The lowest BCUT2D eigenvalue weighted by Gasteiger charge is -2.28. The van der Waals surface area contributed by atoms with Crippen LogP contribution in [-0.4, -0.2) is 41.8 Å². The zero-order valence-electron chi connectivity index (χ0n) is 15.7. The number of nitrogens with zero attached hydrogens (tertiary/aromatic N) is 1. The Hall–Kier alpha value is -2.74. The number of rotatable bonds is 5. The van der Waals surface area contributed by atoms with Gasteiger partial charge < -0.3 is 15.0 Å². The molecule has 0 bridgehead atoms. The summed E-state index contributed by atoms with van der Waals surface area (Å²) in [4.78, 5) is 14.2. The maximum atomic E-state index is 12.2. The molecule has 1 aliphatic rings. The van der Waals surface area contributed by atoms with E-state index in [0.717, 1.165) is 23.1 Å². The zero-order valence-corrected chi connectivity index (χ0v) is 16.6. The minimum absolute atomic E-state index is 0.0879. The van der Waals surface area contributed by atoms with Crippen LogP contribution < -0.4 is 19.7 Å². The van der Waals surface area contributed by atoms with Crippen molar-refractivity contribution >= 4 is 33.0 Å². The maximum absolute atomic E-state index is 12.2. The predicted molar refractivity (Wildman–Crippen MR) is 107 cm³/mol. The van der Waals surface area contributed by atoms with Gasteiger partial charge in [0.2, 0.25) is 15.9 Å². The molecule has 3 rings (SSSR count). The fraction of sp³-hybridized carbons (Fsp3) is 0.316. The van der Waals surface area contributed by atoms with Crippen molar-refractivity contribution in [2.45, 2.75) is 12.3 Å². The third-order valence-electron chi connectivity index (χ3n) is 4.52. The van der Waals surface area contributed by atoms with Gasteiger partial charge in [-0.05, 0) is 29.3 Å². The minimum atomic E-state index is -3.47. The molecule has 0 spiro atoms. The van der Waals surface area contributed by atoms with E-state index in [-0.39, 0.29) is 11.8 Å². The Kier molecular flexibility index (Phi) is 5.01. The molecule has 27 heavy (non-hydrogen) atoms. The molecular weight excluding hydrogens is 366 g/mol. The number of amides is 1. The quantitative estimate of drug-likeness (QED) is 0.821. The van der Waals surface area contributed by atoms with Gasteiger partial charge in [-0.3, -0.25) is 9.52 Å². The second kappa shape index (κ2) is 7.11. The minimum Gasteiger partial charge on any atom is -0.494 e. The second-order valence-electron chi connectivity index (χ2n) is 6.80. The van der Waals surface area contributed by atoms with Crippen LogP contribution in [0.3, 0.4) is 0 Å². The van der Waals surface area contributed by atoms with Crippen molar-refractivity contribution in [1.29, 1.82) is 0 Å². The number of hydrogen-bond acceptors (Lipinski definition) is 5. The molecule has 0 aromatic heterocycles. The summed E-state index contributed by atoms with van der Waals surface area (Å²) < 4.78 is 31.2. The van der Waals surface area contributed by atoms with Crippen LogP contribution in [0.5, 0.6) is 5.75 Å². The van der Waals surface area contributed by atoms with Crippen LogP contribution in [0.4, 0.5) is 17.1 Å². The van der Waals surface area contributed by atoms with Crippen molar-refractivity contribution in [2.75, 3.05) is 42.4 Å². The molecule has 0 fully saturated rings. The average molecular weight is 389 g/mol. The van der Waals surface area contributed by atoms with Gasteiger partial charge in [0.25, 0.3) is 0 Å². The van der Waals surface area contributed by atoms with Gasteiger partial charge >= 0.3 is 0 Å². The smallest absolute Gasteiger partial charge is 0.229 e. The Labute approximate surface area is 159 Å². The molecule has 0 unspecified atom stereocenters. The molecule has 8 heteroatoms. The normalized spacial score (nSPS) is 16.3. The van der Waals surface area contributed by atoms with Crippen molar-refractivity contribution < 1.29 is 17.9 Å². The Bertz CT molecular complexity index is 969. The first-order chi connectivity index (χ1) is 12.7. The molecule has 0 saturated heterocycles. The number of fused-ring (bicyclic) bond motifs is 1. The van der Waals surface area contributed by atoms with Gasteiger partial charge in [-0.15, -0.1) is 0 Å². The zero-order chi connectivity index (χ0) is 19.8. The predicted octanol–water partition coefficient (Wildman–Crippen LogP) is 2.61. The van der Waals surface area contributed by atoms with Crippen LogP contribution >= 0.6 is 0 Å². The molecule has 1 atom stereocenters. The van der Waals surface area contributed by atoms with Crippen LogP contribution in [0, 0.1) is 0 Å². The fourth-order valence-corrected chi connectivity index (χ4v) is 3.80. The van der Waals surface area contributed by atoms with Gasteiger partial charge in [-0.25, -0.2) is 8.42 Å². The summed E-state index contributed by atoms with van der Waals surface area (Å²) in [5, 5.41) is 2.85. The lowest BCUT2D eigenvalue weighted by atomic mass is 9.84. The molecular formula is C19H23N3O4S. The summed E-state index contributed by atoms with van der Waals surface area (Å²) in [6, 6.07) is 11.4. The lowest BCUT2D eigenvalue weighted by molar-refractivity contribution is -0.116. The van der Waals surface area contributed by atoms with Gasteiger partial charge in [-0.1, -0.05) is 12.1 Å². The first-order valence-electron chi connectivity index (χ1n) is 8.45. The van der Waals surface area contributed by atoms with E-state index in [1.807, 2.05) is 43.3 Å². The van der Waals surface area contributed by atoms with Gasteiger partial charge in [0.1, 0.15) is 5.75 Å². The number of ether oxygens (including phenoxy) is 1. The van der Waals surface area contributed by atoms with Gasteiger partial charge in [0.05, 0.1) is 19.1 Å². The topological polar surface area (TPSA) is 87.7 Å². The van der Waals surface area contributed by atoms with Crippen LogP contribution in [0.25, 0.3) is 0 Å². The van der Waals surface area contributed by atoms with Gasteiger partial charge in [0, 0.05) is 43.9 Å². The van der Waals surface area contributed by atoms with Crippen LogP contribution in [0.1, 0.15) is 23.5 Å². The molecule has 1 heterocycles. The van der Waals surface area contributed by atoms with E-state index in [1.54, 1.807) is 12.1 Å². The average Bonchev–Trinajstić information content (AvgIpc) is 2.59. The van der Waals surface area contributed by atoms with Crippen LogP contribution in [0.15, 0.2) is 36.4 Å². The van der Waals surface area contributed by atoms with Crippen LogP contribution in [-0.2, 0) is 14.8 Å². The monoisotopic (exact) mass is 389 g/mol. The largest absolute Gasteiger partial charge is 0.494 e. The van der Waals surface area contributed by atoms with E-state index in [2.05, 4.69) is 10.0 Å². The SMILES string of the molecule is COc1cc2c(cc1NS(C)(=O)=O)[C@@H](c1ccc(N(C)C)cc1)CC(=O)N2. The van der Waals surface area contributed by atoms with E-state index < -0.39 is 10.0 Å². The summed E-state index contributed by atoms with van der Waals surface area (Å²) in [5.41, 5.74) is 3.88. The number of hydrogen-bond donors (Lipinski definition) is 2. The summed E-state index contributed by atoms with van der Waals surface area (Å²) >= 11 is 0. The Morgan fingerprint density at radius 1 is 1.19 bits per heavy atom. The number of sulfonamides is 1. The summed E-state index contributed by atoms with van der Waals surface area (Å²) in [6.45, 7) is 0. The third-order valence-corrected chi connectivity index (χ3v) is 5.11. The summed E-state index contributed by atoms with van der Waals surface area (Å²) in [6.07, 6.45) is 1.38. The van der Waals surface area contributed by atoms with Gasteiger partial charge in [0.15, 0.2) is 0 Å². The molecule has 1 aliphatic heterocycles. The molecule has 0 aliphatic carbocycles. The molecule has 7 nitrogen and oxygen atoms in total. The third kappa shape index (κ3) is 4.16. The van der Waals surface area contributed by atoms with Crippen molar-refractivity contribution in [3.8, 4) is 5.75 Å². The molecule has 2 aromatic carbocycles. The number of benzene rings is 2. The number of anilines is 3. The van der Waals surface area contributed by atoms with Gasteiger partial charge in [-0.2, -0.15) is 0 Å². The number of carbonyl (C=O) groups excluding carboxylic acids is 1. The Morgan fingerprint density at radius 2 is 1.85 bits per heavy atom. The van der Waals surface area contributed by atoms with E-state index >= 15 is 0 Å². The van der Waals surface area contributed by atoms with Crippen molar-refractivity contribution in [2.24, 2.45) is 0 Å². The highest BCUT2D eigenvalue weighted by Crippen LogP contribution is 2.42. The van der Waals surface area contributed by atoms with E-state index in [0.29, 0.717) is 23.5 Å². The number of methoxy groups -OCH3 is 1. The van der Waals surface area contributed by atoms with E-state index in [9.17, 15) is 13.2 Å². The first kappa shape index (κ1) is 19.0. The molecule has 2 aromatic rings. The molecule has 2 N–H and O–H groups in total. The van der Waals surface area contributed by atoms with E-state index in [4.69, 9.17) is 4.74 Å². The first-order valence-corrected chi connectivity index (χ1v) is 10.3. The number of carbonyl (C=O) groups is 1. The summed E-state index contributed by atoms with van der Waals surface area (Å²) in [7, 11) is 1.92. The molecule has 144 valence electrons. The molecule has 0 saturated carbocycles. The highest BCUT2D eigenvalue weighted by Gasteiger charge is 2.28. The van der Waals surface area contributed by atoms with Crippen molar-refractivity contribution in [1.82, 2.24) is 0 Å². The highest BCUT2D eigenvalue weighted by atomic mass is 32.2. The molecule has 1 amide bonds. The lowest BCUT2D eigenvalue weighted by Crippen LogP contribution is -2.24. The Morgan fingerprint density at radius 3 is 2.41 bits per heavy atom. The second-order valence-corrected chi connectivity index (χ2v) is 8.55. The Balaban J connectivity index is 2.09. The van der Waals surface area contributed by atoms with E-state index in [1.165, 1.54) is 7.11 Å². The van der Waals surface area contributed by atoms with Crippen molar-refractivity contribution in [3.63, 3.8) is 0 Å². The number of nitrogens with one attached hydrogen (secondary N) is 2.